The van der Waals surface area contributed by atoms with Crippen LogP contribution in [0, 0.1) is 5.82 Å². The average Bonchev–Trinajstić information content (AvgIpc) is 3.09. The standard InChI is InChI=1S/C19H21FN2O3S2/c1-27(24,25)22-12-10-16(11-13-22)21-19(23)9-7-17-6-8-18(26-17)14-2-4-15(20)5-3-14/h2-9,16H,10-13H2,1H3,(H,21,23)/b9-7+. The number of rotatable bonds is 5. The Morgan fingerprint density at radius 1 is 1.19 bits per heavy atom. The second-order valence-corrected chi connectivity index (χ2v) is 9.58. The molecule has 2 aromatic rings. The van der Waals surface area contributed by atoms with E-state index < -0.39 is 10.0 Å². The fraction of sp³-hybridized carbons (Fsp3) is 0.316. The molecule has 8 heteroatoms. The average molecular weight is 409 g/mol. The number of sulfonamides is 1. The van der Waals surface area contributed by atoms with Crippen molar-refractivity contribution < 1.29 is 17.6 Å². The minimum atomic E-state index is -3.16. The summed E-state index contributed by atoms with van der Waals surface area (Å²) in [5, 5.41) is 2.92. The summed E-state index contributed by atoms with van der Waals surface area (Å²) in [7, 11) is -3.16. The summed E-state index contributed by atoms with van der Waals surface area (Å²) in [5.74, 6) is -0.459. The number of carbonyl (C=O) groups is 1. The van der Waals surface area contributed by atoms with Crippen molar-refractivity contribution in [3.8, 4) is 10.4 Å². The van der Waals surface area contributed by atoms with E-state index in [1.54, 1.807) is 18.2 Å². The van der Waals surface area contributed by atoms with E-state index in [0.29, 0.717) is 25.9 Å². The van der Waals surface area contributed by atoms with E-state index in [0.717, 1.165) is 15.3 Å². The molecule has 1 aliphatic heterocycles. The Morgan fingerprint density at radius 2 is 1.85 bits per heavy atom. The highest BCUT2D eigenvalue weighted by atomic mass is 32.2. The third-order valence-electron chi connectivity index (χ3n) is 4.42. The molecule has 1 saturated heterocycles. The molecule has 1 aromatic carbocycles. The Bertz CT molecular complexity index is 928. The van der Waals surface area contributed by atoms with E-state index in [4.69, 9.17) is 0 Å². The number of hydrogen-bond acceptors (Lipinski definition) is 4. The van der Waals surface area contributed by atoms with Crippen LogP contribution in [0.2, 0.25) is 0 Å². The van der Waals surface area contributed by atoms with Gasteiger partial charge in [-0.3, -0.25) is 4.79 Å². The van der Waals surface area contributed by atoms with Crippen molar-refractivity contribution in [1.29, 1.82) is 0 Å². The van der Waals surface area contributed by atoms with Crippen LogP contribution in [0.1, 0.15) is 17.7 Å². The zero-order chi connectivity index (χ0) is 19.4. The number of nitrogens with zero attached hydrogens (tertiary/aromatic N) is 1. The van der Waals surface area contributed by atoms with Crippen molar-refractivity contribution in [2.75, 3.05) is 19.3 Å². The molecule has 5 nitrogen and oxygen atoms in total. The monoisotopic (exact) mass is 408 g/mol. The van der Waals surface area contributed by atoms with Gasteiger partial charge in [0.15, 0.2) is 0 Å². The lowest BCUT2D eigenvalue weighted by molar-refractivity contribution is -0.117. The van der Waals surface area contributed by atoms with Gasteiger partial charge in [-0.15, -0.1) is 11.3 Å². The van der Waals surface area contributed by atoms with E-state index >= 15 is 0 Å². The normalized spacial score (nSPS) is 16.7. The largest absolute Gasteiger partial charge is 0.350 e. The van der Waals surface area contributed by atoms with Crippen molar-refractivity contribution in [3.05, 3.63) is 53.2 Å². The first kappa shape index (κ1) is 19.7. The van der Waals surface area contributed by atoms with Gasteiger partial charge in [-0.1, -0.05) is 12.1 Å². The summed E-state index contributed by atoms with van der Waals surface area (Å²) in [6.07, 6.45) is 5.67. The number of carbonyl (C=O) groups excluding carboxylic acids is 1. The van der Waals surface area contributed by atoms with E-state index in [1.165, 1.54) is 40.1 Å². The van der Waals surface area contributed by atoms with Gasteiger partial charge >= 0.3 is 0 Å². The van der Waals surface area contributed by atoms with Crippen LogP contribution in [0.5, 0.6) is 0 Å². The molecule has 0 radical (unpaired) electrons. The van der Waals surface area contributed by atoms with E-state index in [-0.39, 0.29) is 17.8 Å². The molecule has 0 unspecified atom stereocenters. The number of thiophene rings is 1. The van der Waals surface area contributed by atoms with Crippen LogP contribution >= 0.6 is 11.3 Å². The highest BCUT2D eigenvalue weighted by Gasteiger charge is 2.25. The lowest BCUT2D eigenvalue weighted by atomic mass is 10.1. The van der Waals surface area contributed by atoms with Crippen molar-refractivity contribution in [3.63, 3.8) is 0 Å². The highest BCUT2D eigenvalue weighted by Crippen LogP contribution is 2.28. The predicted molar refractivity (Wildman–Crippen MR) is 106 cm³/mol. The van der Waals surface area contributed by atoms with Crippen molar-refractivity contribution in [2.24, 2.45) is 0 Å². The molecule has 0 atom stereocenters. The number of piperidine rings is 1. The molecule has 1 aromatic heterocycles. The number of nitrogens with one attached hydrogen (secondary N) is 1. The first-order valence-corrected chi connectivity index (χ1v) is 11.3. The van der Waals surface area contributed by atoms with Crippen LogP contribution in [-0.2, 0) is 14.8 Å². The molecule has 3 rings (SSSR count). The molecule has 1 fully saturated rings. The predicted octanol–water partition coefficient (Wildman–Crippen LogP) is 3.11. The molecule has 1 N–H and O–H groups in total. The van der Waals surface area contributed by atoms with Crippen molar-refractivity contribution in [1.82, 2.24) is 9.62 Å². The maximum atomic E-state index is 13.0. The number of halogens is 1. The maximum Gasteiger partial charge on any atom is 0.244 e. The van der Waals surface area contributed by atoms with Crippen LogP contribution in [0.15, 0.2) is 42.5 Å². The molecule has 27 heavy (non-hydrogen) atoms. The molecule has 0 spiro atoms. The maximum absolute atomic E-state index is 13.0. The molecular weight excluding hydrogens is 387 g/mol. The SMILES string of the molecule is CS(=O)(=O)N1CCC(NC(=O)/C=C/c2ccc(-c3ccc(F)cc3)s2)CC1. The molecule has 0 aliphatic carbocycles. The van der Waals surface area contributed by atoms with Crippen LogP contribution in [0.25, 0.3) is 16.5 Å². The minimum absolute atomic E-state index is 0.0155. The van der Waals surface area contributed by atoms with Crippen LogP contribution in [0.3, 0.4) is 0 Å². The zero-order valence-corrected chi connectivity index (χ0v) is 16.5. The highest BCUT2D eigenvalue weighted by molar-refractivity contribution is 7.88. The first-order chi connectivity index (χ1) is 12.8. The fourth-order valence-corrected chi connectivity index (χ4v) is 4.74. The molecule has 2 heterocycles. The summed E-state index contributed by atoms with van der Waals surface area (Å²) in [5.41, 5.74) is 0.933. The van der Waals surface area contributed by atoms with Crippen LogP contribution in [0.4, 0.5) is 4.39 Å². The van der Waals surface area contributed by atoms with Gasteiger partial charge in [-0.05, 0) is 48.7 Å². The summed E-state index contributed by atoms with van der Waals surface area (Å²) >= 11 is 1.52. The summed E-state index contributed by atoms with van der Waals surface area (Å²) in [4.78, 5) is 14.0. The smallest absolute Gasteiger partial charge is 0.244 e. The summed E-state index contributed by atoms with van der Waals surface area (Å²) in [6, 6.07) is 10.1. The molecule has 1 amide bonds. The Labute approximate surface area is 162 Å². The van der Waals surface area contributed by atoms with E-state index in [1.807, 2.05) is 12.1 Å². The lowest BCUT2D eigenvalue weighted by Gasteiger charge is -2.30. The summed E-state index contributed by atoms with van der Waals surface area (Å²) < 4.78 is 37.5. The second kappa shape index (κ2) is 8.33. The van der Waals surface area contributed by atoms with Gasteiger partial charge in [0.2, 0.25) is 15.9 Å². The van der Waals surface area contributed by atoms with E-state index in [9.17, 15) is 17.6 Å². The number of amides is 1. The van der Waals surface area contributed by atoms with Gasteiger partial charge in [-0.25, -0.2) is 17.1 Å². The number of hydrogen-bond donors (Lipinski definition) is 1. The molecule has 0 saturated carbocycles. The molecule has 144 valence electrons. The molecular formula is C19H21FN2O3S2. The topological polar surface area (TPSA) is 66.5 Å². The Hall–Kier alpha value is -2.03. The van der Waals surface area contributed by atoms with Crippen molar-refractivity contribution in [2.45, 2.75) is 18.9 Å². The Kier molecular flexibility index (Phi) is 6.08. The zero-order valence-electron chi connectivity index (χ0n) is 14.9. The quantitative estimate of drug-likeness (QED) is 0.773. The van der Waals surface area contributed by atoms with E-state index in [2.05, 4.69) is 5.32 Å². The number of benzene rings is 1. The van der Waals surface area contributed by atoms with Gasteiger partial charge in [0.1, 0.15) is 5.82 Å². The van der Waals surface area contributed by atoms with Crippen LogP contribution < -0.4 is 5.32 Å². The lowest BCUT2D eigenvalue weighted by Crippen LogP contribution is -2.45. The van der Waals surface area contributed by atoms with Crippen LogP contribution in [-0.4, -0.2) is 44.0 Å². The molecule has 1 aliphatic rings. The molecule has 0 bridgehead atoms. The fourth-order valence-electron chi connectivity index (χ4n) is 2.95. The van der Waals surface area contributed by atoms with Gasteiger partial charge < -0.3 is 5.32 Å². The summed E-state index contributed by atoms with van der Waals surface area (Å²) in [6.45, 7) is 0.860. The van der Waals surface area contributed by atoms with Gasteiger partial charge in [0.05, 0.1) is 6.26 Å². The van der Waals surface area contributed by atoms with Gasteiger partial charge in [0, 0.05) is 35.0 Å². The van der Waals surface area contributed by atoms with Gasteiger partial charge in [0.25, 0.3) is 0 Å². The minimum Gasteiger partial charge on any atom is -0.350 e. The third kappa shape index (κ3) is 5.47. The van der Waals surface area contributed by atoms with Crippen molar-refractivity contribution >= 4 is 33.3 Å². The first-order valence-electron chi connectivity index (χ1n) is 8.61. The Morgan fingerprint density at radius 3 is 2.48 bits per heavy atom. The van der Waals surface area contributed by atoms with Gasteiger partial charge in [-0.2, -0.15) is 0 Å². The second-order valence-electron chi connectivity index (χ2n) is 6.49. The Balaban J connectivity index is 1.53. The third-order valence-corrected chi connectivity index (χ3v) is 6.83.